The van der Waals surface area contributed by atoms with E-state index in [1.165, 1.54) is 11.3 Å². The predicted molar refractivity (Wildman–Crippen MR) is 83.5 cm³/mol. The lowest BCUT2D eigenvalue weighted by molar-refractivity contribution is -0.385. The third kappa shape index (κ3) is 2.22. The molecule has 0 fully saturated rings. The number of fused-ring (bicyclic) bond motifs is 1. The maximum absolute atomic E-state index is 11.1. The zero-order valence-corrected chi connectivity index (χ0v) is 12.9. The van der Waals surface area contributed by atoms with Gasteiger partial charge in [0.15, 0.2) is 0 Å². The van der Waals surface area contributed by atoms with Crippen LogP contribution in [0.1, 0.15) is 34.5 Å². The highest BCUT2D eigenvalue weighted by Gasteiger charge is 2.27. The molecule has 0 saturated carbocycles. The molecule has 2 aromatic rings. The molecule has 2 aromatic heterocycles. The Morgan fingerprint density at radius 3 is 2.82 bits per heavy atom. The van der Waals surface area contributed by atoms with Crippen molar-refractivity contribution >= 4 is 22.8 Å². The second-order valence-electron chi connectivity index (χ2n) is 5.37. The Bertz CT molecular complexity index is 820. The molecule has 112 valence electrons. The van der Waals surface area contributed by atoms with Gasteiger partial charge in [0, 0.05) is 28.5 Å². The van der Waals surface area contributed by atoms with Gasteiger partial charge in [0.05, 0.1) is 9.80 Å². The number of rotatable bonds is 2. The molecule has 0 unspecified atom stereocenters. The standard InChI is InChI=1S/C15H14N4O2S/c1-8-12(19(20)21)6-13(22-8)14-9-4-2-3-5-11(9)18-15(17)10(14)7-16/h6H,2-5H2,1H3,(H2,17,18)/p+1. The fraction of sp³-hybridized carbons (Fsp3) is 0.333. The molecular formula is C15H15N4O2S+. The fourth-order valence-corrected chi connectivity index (χ4v) is 4.06. The summed E-state index contributed by atoms with van der Waals surface area (Å²) in [6, 6.07) is 3.71. The van der Waals surface area contributed by atoms with Crippen molar-refractivity contribution in [2.45, 2.75) is 32.6 Å². The van der Waals surface area contributed by atoms with E-state index in [9.17, 15) is 15.4 Å². The number of aromatic nitrogens is 1. The van der Waals surface area contributed by atoms with Crippen molar-refractivity contribution in [3.63, 3.8) is 0 Å². The summed E-state index contributed by atoms with van der Waals surface area (Å²) in [5.74, 6) is 0.340. The van der Waals surface area contributed by atoms with Crippen LogP contribution in [-0.4, -0.2) is 4.92 Å². The van der Waals surface area contributed by atoms with E-state index in [1.54, 1.807) is 13.0 Å². The molecule has 3 rings (SSSR count). The molecule has 3 N–H and O–H groups in total. The van der Waals surface area contributed by atoms with Gasteiger partial charge in [0.25, 0.3) is 11.5 Å². The number of nitrogens with one attached hydrogen (secondary N) is 1. The lowest BCUT2D eigenvalue weighted by Gasteiger charge is -2.17. The van der Waals surface area contributed by atoms with Gasteiger partial charge in [-0.15, -0.1) is 11.3 Å². The molecule has 2 heterocycles. The summed E-state index contributed by atoms with van der Waals surface area (Å²) in [6.45, 7) is 1.73. The quantitative estimate of drug-likeness (QED) is 0.679. The third-order valence-corrected chi connectivity index (χ3v) is 5.08. The van der Waals surface area contributed by atoms with E-state index < -0.39 is 0 Å². The molecule has 0 spiro atoms. The highest BCUT2D eigenvalue weighted by molar-refractivity contribution is 7.16. The van der Waals surface area contributed by atoms with Gasteiger partial charge in [-0.2, -0.15) is 5.26 Å². The summed E-state index contributed by atoms with van der Waals surface area (Å²) in [7, 11) is 0. The number of nitrogens with two attached hydrogens (primary N) is 1. The van der Waals surface area contributed by atoms with Crippen molar-refractivity contribution in [3.05, 3.63) is 37.9 Å². The summed E-state index contributed by atoms with van der Waals surface area (Å²) in [5.41, 5.74) is 9.37. The van der Waals surface area contributed by atoms with Gasteiger partial charge in [-0.25, -0.2) is 4.98 Å². The number of thiophene rings is 1. The van der Waals surface area contributed by atoms with Crippen LogP contribution in [-0.2, 0) is 12.8 Å². The topological polar surface area (TPSA) is 107 Å². The van der Waals surface area contributed by atoms with E-state index in [0.29, 0.717) is 16.3 Å². The number of hydrogen-bond donors (Lipinski definition) is 1. The van der Waals surface area contributed by atoms with E-state index in [-0.39, 0.29) is 10.6 Å². The normalized spacial score (nSPS) is 13.5. The number of H-pyrrole nitrogens is 1. The Morgan fingerprint density at radius 1 is 1.45 bits per heavy atom. The largest absolute Gasteiger partial charge is 0.289 e. The SMILES string of the molecule is Cc1sc(-c2c(C#N)c(N)[nH+]c3c2CCCC3)cc1[N+](=O)[O-]. The van der Waals surface area contributed by atoms with Crippen molar-refractivity contribution in [3.8, 4) is 16.5 Å². The molecule has 0 aliphatic heterocycles. The molecule has 0 amide bonds. The maximum Gasteiger partial charge on any atom is 0.289 e. The number of nitro groups is 1. The van der Waals surface area contributed by atoms with E-state index in [0.717, 1.165) is 47.4 Å². The van der Waals surface area contributed by atoms with Crippen LogP contribution in [0, 0.1) is 28.4 Å². The average molecular weight is 315 g/mol. The first-order valence-electron chi connectivity index (χ1n) is 7.04. The molecule has 0 saturated heterocycles. The van der Waals surface area contributed by atoms with Gasteiger partial charge < -0.3 is 0 Å². The Labute approximate surface area is 131 Å². The predicted octanol–water partition coefficient (Wildman–Crippen LogP) is 2.78. The van der Waals surface area contributed by atoms with E-state index in [1.807, 2.05) is 0 Å². The van der Waals surface area contributed by atoms with Gasteiger partial charge in [-0.3, -0.25) is 15.8 Å². The Hall–Kier alpha value is -2.46. The Morgan fingerprint density at radius 2 is 2.18 bits per heavy atom. The number of hydrogen-bond acceptors (Lipinski definition) is 5. The van der Waals surface area contributed by atoms with Gasteiger partial charge in [-0.1, -0.05) is 0 Å². The van der Waals surface area contributed by atoms with Gasteiger partial charge in [0.1, 0.15) is 17.3 Å². The van der Waals surface area contributed by atoms with E-state index >= 15 is 0 Å². The van der Waals surface area contributed by atoms with Crippen molar-refractivity contribution in [2.24, 2.45) is 0 Å². The van der Waals surface area contributed by atoms with Crippen LogP contribution in [0.4, 0.5) is 11.5 Å². The first kappa shape index (κ1) is 14.5. The number of aromatic amines is 1. The number of nitriles is 1. The van der Waals surface area contributed by atoms with Crippen LogP contribution in [0.5, 0.6) is 0 Å². The summed E-state index contributed by atoms with van der Waals surface area (Å²) >= 11 is 1.34. The highest BCUT2D eigenvalue weighted by Crippen LogP contribution is 2.41. The van der Waals surface area contributed by atoms with Gasteiger partial charge >= 0.3 is 0 Å². The molecule has 0 radical (unpaired) electrons. The van der Waals surface area contributed by atoms with E-state index in [4.69, 9.17) is 5.73 Å². The van der Waals surface area contributed by atoms with Gasteiger partial charge in [-0.05, 0) is 26.2 Å². The van der Waals surface area contributed by atoms with Crippen LogP contribution in [0.2, 0.25) is 0 Å². The summed E-state index contributed by atoms with van der Waals surface area (Å²) < 4.78 is 0. The minimum Gasteiger partial charge on any atom is -0.286 e. The molecule has 22 heavy (non-hydrogen) atoms. The zero-order chi connectivity index (χ0) is 15.9. The van der Waals surface area contributed by atoms with Crippen LogP contribution < -0.4 is 10.7 Å². The number of anilines is 1. The third-order valence-electron chi connectivity index (χ3n) is 4.02. The molecule has 6 nitrogen and oxygen atoms in total. The smallest absolute Gasteiger partial charge is 0.286 e. The molecule has 1 aliphatic carbocycles. The first-order chi connectivity index (χ1) is 10.5. The molecule has 1 aliphatic rings. The number of nitrogens with zero attached hydrogens (tertiary/aromatic N) is 2. The minimum atomic E-state index is -0.383. The van der Waals surface area contributed by atoms with E-state index in [2.05, 4.69) is 11.1 Å². The Balaban J connectivity index is 2.30. The summed E-state index contributed by atoms with van der Waals surface area (Å²) in [4.78, 5) is 15.2. The van der Waals surface area contributed by atoms with Crippen LogP contribution in [0.3, 0.4) is 0 Å². The number of aryl methyl sites for hydroxylation is 2. The van der Waals surface area contributed by atoms with Crippen molar-refractivity contribution in [1.29, 1.82) is 5.26 Å². The Kier molecular flexibility index (Phi) is 3.54. The minimum absolute atomic E-state index is 0.0971. The molecule has 7 heteroatoms. The van der Waals surface area contributed by atoms with Gasteiger partial charge in [0.2, 0.25) is 0 Å². The maximum atomic E-state index is 11.1. The summed E-state index contributed by atoms with van der Waals surface area (Å²) in [5, 5.41) is 20.6. The van der Waals surface area contributed by atoms with Crippen LogP contribution in [0.25, 0.3) is 10.4 Å². The molecular weight excluding hydrogens is 300 g/mol. The van der Waals surface area contributed by atoms with Crippen LogP contribution in [0.15, 0.2) is 6.07 Å². The molecule has 0 aromatic carbocycles. The van der Waals surface area contributed by atoms with Crippen molar-refractivity contribution in [2.75, 3.05) is 5.73 Å². The zero-order valence-electron chi connectivity index (χ0n) is 12.1. The van der Waals surface area contributed by atoms with Crippen molar-refractivity contribution in [1.82, 2.24) is 0 Å². The average Bonchev–Trinajstić information content (AvgIpc) is 2.87. The number of pyridine rings is 1. The second kappa shape index (κ2) is 5.39. The highest BCUT2D eigenvalue weighted by atomic mass is 32.1. The summed E-state index contributed by atoms with van der Waals surface area (Å²) in [6.07, 6.45) is 3.89. The monoisotopic (exact) mass is 315 g/mol. The molecule has 0 atom stereocenters. The number of nitrogen functional groups attached to an aromatic ring is 1. The van der Waals surface area contributed by atoms with Crippen molar-refractivity contribution < 1.29 is 9.91 Å². The lowest BCUT2D eigenvalue weighted by atomic mass is 9.89. The first-order valence-corrected chi connectivity index (χ1v) is 7.86. The molecule has 0 bridgehead atoms. The second-order valence-corrected chi connectivity index (χ2v) is 6.63. The van der Waals surface area contributed by atoms with Crippen LogP contribution >= 0.6 is 11.3 Å². The fourth-order valence-electron chi connectivity index (χ4n) is 2.99. The lowest BCUT2D eigenvalue weighted by Crippen LogP contribution is -2.24.